The van der Waals surface area contributed by atoms with Gasteiger partial charge in [0, 0.05) is 36.7 Å². The molecule has 9 rings (SSSR count). The molecule has 3 fully saturated rings. The van der Waals surface area contributed by atoms with Crippen molar-refractivity contribution < 1.29 is 71.5 Å². The number of nitrogens with zero attached hydrogens (tertiary/aromatic N) is 6. The van der Waals surface area contributed by atoms with Crippen molar-refractivity contribution in [3.63, 3.8) is 0 Å². The zero-order chi connectivity index (χ0) is 52.1. The van der Waals surface area contributed by atoms with Crippen LogP contribution in [-0.4, -0.2) is 102 Å². The van der Waals surface area contributed by atoms with E-state index >= 15 is 8.78 Å². The largest absolute Gasteiger partial charge is 2.00 e. The van der Waals surface area contributed by atoms with E-state index in [4.69, 9.17) is 29.3 Å². The Hall–Kier alpha value is -5.08. The van der Waals surface area contributed by atoms with Crippen molar-refractivity contribution in [2.75, 3.05) is 20.3 Å². The molecule has 5 aliphatic rings. The number of aliphatic hydroxyl groups is 1. The molecule has 2 aromatic carbocycles. The molecule has 5 heterocycles. The van der Waals surface area contributed by atoms with E-state index in [0.717, 1.165) is 44.6 Å². The minimum absolute atomic E-state index is 0. The summed E-state index contributed by atoms with van der Waals surface area (Å²) in [6, 6.07) is 12.5. The Labute approximate surface area is 457 Å². The van der Waals surface area contributed by atoms with Crippen LogP contribution in [-0.2, 0) is 25.3 Å². The molecule has 12 nitrogen and oxygen atoms in total. The molecule has 0 amide bonds. The number of aliphatic imine (C=N–C) groups is 2. The van der Waals surface area contributed by atoms with Gasteiger partial charge in [-0.05, 0) is 100 Å². The van der Waals surface area contributed by atoms with Crippen LogP contribution in [0.3, 0.4) is 0 Å². The Morgan fingerprint density at radius 3 is 1.58 bits per heavy atom. The summed E-state index contributed by atoms with van der Waals surface area (Å²) in [6.45, 7) is 21.0. The summed E-state index contributed by atoms with van der Waals surface area (Å²) in [5, 5.41) is 10.1. The number of pyridine rings is 2. The second-order valence-corrected chi connectivity index (χ2v) is 20.4. The van der Waals surface area contributed by atoms with Gasteiger partial charge in [-0.15, -0.1) is 0 Å². The van der Waals surface area contributed by atoms with Crippen LogP contribution in [0.4, 0.5) is 46.5 Å². The van der Waals surface area contributed by atoms with Crippen LogP contribution in [0.25, 0.3) is 33.5 Å². The molecular formula is C50H47BrF8MgN8O4S2. The Morgan fingerprint density at radius 2 is 1.22 bits per heavy atom. The van der Waals surface area contributed by atoms with Crippen molar-refractivity contribution in [2.45, 2.75) is 78.6 Å². The Morgan fingerprint density at radius 1 is 0.784 bits per heavy atom. The topological polar surface area (TPSA) is 167 Å². The molecular weight excluding hydrogens is 1100 g/mol. The number of thioether (sulfide) groups is 2. The third-order valence-corrected chi connectivity index (χ3v) is 15.8. The number of halogens is 9. The minimum atomic E-state index is -3.57. The van der Waals surface area contributed by atoms with E-state index in [1.165, 1.54) is 101 Å². The Bertz CT molecular complexity index is 2980. The number of rotatable bonds is 8. The third kappa shape index (κ3) is 10.7. The summed E-state index contributed by atoms with van der Waals surface area (Å²) in [5.41, 5.74) is 6.41. The number of amidine groups is 2. The second-order valence-electron chi connectivity index (χ2n) is 17.8. The minimum Gasteiger partial charge on any atom is -1.00 e. The van der Waals surface area contributed by atoms with Gasteiger partial charge in [0.15, 0.2) is 15.1 Å². The summed E-state index contributed by atoms with van der Waals surface area (Å²) in [5.74, 6) is -14.6. The molecule has 74 heavy (non-hydrogen) atoms. The van der Waals surface area contributed by atoms with Crippen molar-refractivity contribution >= 4 is 98.1 Å². The molecule has 1 saturated heterocycles. The van der Waals surface area contributed by atoms with Gasteiger partial charge < -0.3 is 50.5 Å². The van der Waals surface area contributed by atoms with Gasteiger partial charge in [-0.25, -0.2) is 44.8 Å². The summed E-state index contributed by atoms with van der Waals surface area (Å²) in [7, 11) is 0.982. The van der Waals surface area contributed by atoms with Gasteiger partial charge in [0.25, 0.3) is 11.8 Å². The van der Waals surface area contributed by atoms with E-state index in [1.807, 2.05) is 0 Å². The molecule has 388 valence electrons. The maximum Gasteiger partial charge on any atom is 2.00 e. The SMILES string of the molecule is C1CCOC1.[Br-].[C-]#[N+]c1ccc(/C(F)=C/c2ccc(F)c([C@@]3(C)N=C(N)S[C@]4(C(=O)OC)[C@H]3C4(F)F)c2)nc1.[C-]#[N+]c1ccc(/C(F)=C/c2ccc(F)c([C@@]3(C)N=C(N)S[C@]4(C(C)(C)O)[C@H]3C4(F)F)c2)nc1.[CH3-].[Mg+2]. The number of hydrogen-bond donors (Lipinski definition) is 3. The molecule has 24 heteroatoms. The maximum atomic E-state index is 15.2. The van der Waals surface area contributed by atoms with Crippen molar-refractivity contribution in [2.24, 2.45) is 33.3 Å². The van der Waals surface area contributed by atoms with Crippen LogP contribution in [0.15, 0.2) is 83.0 Å². The first kappa shape index (κ1) is 61.5. The number of nitrogens with two attached hydrogens (primary N) is 2. The first-order valence-corrected chi connectivity index (χ1v) is 23.2. The molecule has 6 atom stereocenters. The zero-order valence-corrected chi connectivity index (χ0v) is 45.1. The van der Waals surface area contributed by atoms with Crippen molar-refractivity contribution in [3.05, 3.63) is 149 Å². The van der Waals surface area contributed by atoms with Crippen LogP contribution in [0.5, 0.6) is 0 Å². The second kappa shape index (κ2) is 22.6. The Balaban J connectivity index is 0.000000282. The monoisotopic (exact) mass is 1140 g/mol. The quantitative estimate of drug-likeness (QED) is 0.0685. The number of methoxy groups -OCH3 is 1. The van der Waals surface area contributed by atoms with E-state index in [0.29, 0.717) is 23.5 Å². The smallest absolute Gasteiger partial charge is 1.00 e. The molecule has 0 spiro atoms. The fourth-order valence-corrected chi connectivity index (χ4v) is 12.3. The molecule has 0 unspecified atom stereocenters. The van der Waals surface area contributed by atoms with E-state index in [1.54, 1.807) is 0 Å². The predicted molar refractivity (Wildman–Crippen MR) is 268 cm³/mol. The summed E-state index contributed by atoms with van der Waals surface area (Å²) < 4.78 is 125. The average Bonchev–Trinajstić information content (AvgIpc) is 3.78. The van der Waals surface area contributed by atoms with Crippen molar-refractivity contribution in [1.29, 1.82) is 0 Å². The maximum absolute atomic E-state index is 15.2. The van der Waals surface area contributed by atoms with Crippen LogP contribution in [0.2, 0.25) is 0 Å². The van der Waals surface area contributed by atoms with Crippen LogP contribution >= 0.6 is 23.5 Å². The van der Waals surface area contributed by atoms with Gasteiger partial charge in [-0.1, -0.05) is 47.8 Å². The van der Waals surface area contributed by atoms with Gasteiger partial charge in [0.2, 0.25) is 11.4 Å². The molecule has 5 N–H and O–H groups in total. The molecule has 4 aromatic rings. The average molecular weight is 1140 g/mol. The first-order chi connectivity index (χ1) is 33.3. The number of hydrogen-bond acceptors (Lipinski definition) is 12. The van der Waals surface area contributed by atoms with E-state index in [2.05, 4.69) is 34.4 Å². The van der Waals surface area contributed by atoms with Crippen LogP contribution < -0.4 is 28.4 Å². The van der Waals surface area contributed by atoms with Crippen molar-refractivity contribution in [3.8, 4) is 0 Å². The van der Waals surface area contributed by atoms with E-state index in [-0.39, 0.29) is 103 Å². The number of carbonyl (C=O) groups is 1. The molecule has 0 bridgehead atoms. The fraction of sp³-hybridized carbons (Fsp3) is 0.360. The summed E-state index contributed by atoms with van der Waals surface area (Å²) >= 11 is 0.998. The third-order valence-electron chi connectivity index (χ3n) is 12.8. The fourth-order valence-electron chi connectivity index (χ4n) is 9.42. The van der Waals surface area contributed by atoms with Gasteiger partial charge in [0.05, 0.1) is 60.2 Å². The number of ether oxygens (including phenoxy) is 2. The van der Waals surface area contributed by atoms with Gasteiger partial charge in [-0.2, -0.15) is 0 Å². The van der Waals surface area contributed by atoms with Crippen LogP contribution in [0, 0.1) is 44.0 Å². The summed E-state index contributed by atoms with van der Waals surface area (Å²) in [6.07, 6.45) is 7.11. The van der Waals surface area contributed by atoms with Gasteiger partial charge in [0.1, 0.15) is 28.0 Å². The summed E-state index contributed by atoms with van der Waals surface area (Å²) in [4.78, 5) is 34.7. The standard InChI is InChI=1S/C23H20F4N4OS.C22H16F4N4O2S.C4H8O.CH3.BrH.Mg/c1-20(2,32)22-18(23(22,26)27)21(3,31-19(28)33-22)14-9-12(5-7-15(14)24)10-16(25)17-8-6-13(29-4)11-30-17;1-20(17-21(18(31)32-3,22(17,25)26)33-19(27)30-20)13-8-11(4-6-14(13)23)9-15(24)16-7-5-12(28-2)10-29-16;1-2-4-5-3-1;;;/h5-11,18,32H,1-3H3,(H2,28,31);4-10,17H,1,3H3,(H2,27,30);1-4H2;1H3;1H;/q;;;-1;;+2/p-1/b16-10-;15-9-;;;;/t18-,21+,22-;17-,20+,21-;;;;/m00..../s1. The Kier molecular flexibility index (Phi) is 18.8. The zero-order valence-electron chi connectivity index (χ0n) is 40.5. The van der Waals surface area contributed by atoms with Gasteiger partial charge in [-0.3, -0.25) is 24.7 Å². The number of alkyl halides is 4. The normalized spacial score (nSPS) is 26.7. The predicted octanol–water partition coefficient (Wildman–Crippen LogP) is 7.85. The molecule has 3 aliphatic heterocycles. The number of fused-ring (bicyclic) bond motifs is 2. The van der Waals surface area contributed by atoms with E-state index in [9.17, 15) is 36.2 Å². The van der Waals surface area contributed by atoms with Gasteiger partial charge >= 0.3 is 29.0 Å². The molecule has 2 aromatic heterocycles. The number of aromatic nitrogens is 2. The number of benzene rings is 2. The van der Waals surface area contributed by atoms with Crippen LogP contribution in [0.1, 0.15) is 74.2 Å². The molecule has 0 radical (unpaired) electrons. The molecule has 2 aliphatic carbocycles. The first-order valence-electron chi connectivity index (χ1n) is 21.5. The number of esters is 1. The number of carbonyl (C=O) groups excluding carboxylic acids is 1. The molecule has 2 saturated carbocycles. The van der Waals surface area contributed by atoms with Crippen molar-refractivity contribution in [1.82, 2.24) is 9.97 Å². The van der Waals surface area contributed by atoms with E-state index < -0.39 is 79.1 Å².